The predicted molar refractivity (Wildman–Crippen MR) is 77.1 cm³/mol. The van der Waals surface area contributed by atoms with Crippen molar-refractivity contribution in [3.8, 4) is 0 Å². The summed E-state index contributed by atoms with van der Waals surface area (Å²) in [7, 11) is 0. The summed E-state index contributed by atoms with van der Waals surface area (Å²) >= 11 is 0. The molecule has 2 heterocycles. The summed E-state index contributed by atoms with van der Waals surface area (Å²) < 4.78 is 1.80. The van der Waals surface area contributed by atoms with Gasteiger partial charge in [-0.15, -0.1) is 0 Å². The number of nitrogens with one attached hydrogen (secondary N) is 1. The van der Waals surface area contributed by atoms with E-state index in [-0.39, 0.29) is 0 Å². The molecular weight excluding hydrogens is 250 g/mol. The van der Waals surface area contributed by atoms with Crippen molar-refractivity contribution in [2.45, 2.75) is 25.7 Å². The van der Waals surface area contributed by atoms with Crippen molar-refractivity contribution in [1.29, 1.82) is 0 Å². The highest BCUT2D eigenvalue weighted by molar-refractivity contribution is 5.63. The van der Waals surface area contributed by atoms with Crippen LogP contribution in [0.3, 0.4) is 0 Å². The van der Waals surface area contributed by atoms with Crippen LogP contribution in [0.5, 0.6) is 0 Å². The number of fused-ring (bicyclic) bond motifs is 2. The summed E-state index contributed by atoms with van der Waals surface area (Å²) in [5.74, 6) is 1.68. The second-order valence-corrected chi connectivity index (χ2v) is 5.06. The molecule has 5 heteroatoms. The second-order valence-electron chi connectivity index (χ2n) is 5.06. The zero-order valence-corrected chi connectivity index (χ0v) is 11.1. The third kappa shape index (κ3) is 1.82. The Morgan fingerprint density at radius 1 is 1.05 bits per heavy atom. The Bertz CT molecular complexity index is 748. The van der Waals surface area contributed by atoms with E-state index in [0.717, 1.165) is 30.0 Å². The highest BCUT2D eigenvalue weighted by Crippen LogP contribution is 2.29. The van der Waals surface area contributed by atoms with Crippen LogP contribution in [0.2, 0.25) is 0 Å². The lowest BCUT2D eigenvalue weighted by molar-refractivity contribution is 0.662. The van der Waals surface area contributed by atoms with Crippen molar-refractivity contribution < 1.29 is 0 Å². The summed E-state index contributed by atoms with van der Waals surface area (Å²) in [4.78, 5) is 8.86. The molecule has 100 valence electrons. The SMILES string of the molecule is c1ccc(Nc2c3c(nc4ncnn24)CCCC3)cc1. The number of rotatable bonds is 2. The maximum atomic E-state index is 4.63. The van der Waals surface area contributed by atoms with Gasteiger partial charge in [-0.2, -0.15) is 14.6 Å². The quantitative estimate of drug-likeness (QED) is 0.774. The molecule has 0 saturated carbocycles. The largest absolute Gasteiger partial charge is 0.340 e. The fourth-order valence-electron chi connectivity index (χ4n) is 2.77. The summed E-state index contributed by atoms with van der Waals surface area (Å²) in [6.07, 6.45) is 6.05. The Hall–Kier alpha value is -2.43. The highest BCUT2D eigenvalue weighted by Gasteiger charge is 2.19. The zero-order chi connectivity index (χ0) is 13.4. The zero-order valence-electron chi connectivity index (χ0n) is 11.1. The number of para-hydroxylation sites is 1. The van der Waals surface area contributed by atoms with Gasteiger partial charge in [0.15, 0.2) is 0 Å². The third-order valence-electron chi connectivity index (χ3n) is 3.74. The summed E-state index contributed by atoms with van der Waals surface area (Å²) in [5.41, 5.74) is 3.50. The number of aryl methyl sites for hydroxylation is 1. The van der Waals surface area contributed by atoms with Crippen molar-refractivity contribution in [3.63, 3.8) is 0 Å². The lowest BCUT2D eigenvalue weighted by Gasteiger charge is -2.19. The smallest absolute Gasteiger partial charge is 0.254 e. The molecule has 1 aromatic carbocycles. The van der Waals surface area contributed by atoms with Crippen LogP contribution in [0.25, 0.3) is 5.78 Å². The van der Waals surface area contributed by atoms with Crippen molar-refractivity contribution in [2.75, 3.05) is 5.32 Å². The van der Waals surface area contributed by atoms with E-state index in [2.05, 4.69) is 32.5 Å². The van der Waals surface area contributed by atoms with Gasteiger partial charge in [0.1, 0.15) is 12.1 Å². The van der Waals surface area contributed by atoms with E-state index >= 15 is 0 Å². The minimum Gasteiger partial charge on any atom is -0.340 e. The summed E-state index contributed by atoms with van der Waals surface area (Å²) in [6.45, 7) is 0. The number of hydrogen-bond acceptors (Lipinski definition) is 4. The van der Waals surface area contributed by atoms with Gasteiger partial charge in [0.25, 0.3) is 5.78 Å². The van der Waals surface area contributed by atoms with E-state index in [1.807, 2.05) is 18.2 Å². The Labute approximate surface area is 116 Å². The molecule has 0 amide bonds. The average molecular weight is 265 g/mol. The monoisotopic (exact) mass is 265 g/mol. The van der Waals surface area contributed by atoms with E-state index in [1.165, 1.54) is 18.4 Å². The predicted octanol–water partition coefficient (Wildman–Crippen LogP) is 2.75. The van der Waals surface area contributed by atoms with Gasteiger partial charge >= 0.3 is 0 Å². The van der Waals surface area contributed by atoms with Gasteiger partial charge in [0, 0.05) is 11.3 Å². The minimum atomic E-state index is 0.670. The molecule has 0 bridgehead atoms. The number of aromatic nitrogens is 4. The Kier molecular flexibility index (Phi) is 2.62. The standard InChI is InChI=1S/C15H15N5/c1-2-6-11(7-3-1)18-14-12-8-4-5-9-13(12)19-15-16-10-17-20(14)15/h1-3,6-7,10,18H,4-5,8-9H2. The van der Waals surface area contributed by atoms with Crippen molar-refractivity contribution >= 4 is 17.3 Å². The van der Waals surface area contributed by atoms with Gasteiger partial charge in [-0.05, 0) is 37.8 Å². The van der Waals surface area contributed by atoms with Crippen LogP contribution in [0.1, 0.15) is 24.1 Å². The van der Waals surface area contributed by atoms with Crippen molar-refractivity contribution in [2.24, 2.45) is 0 Å². The van der Waals surface area contributed by atoms with Crippen LogP contribution in [0, 0.1) is 0 Å². The molecule has 4 rings (SSSR count). The summed E-state index contributed by atoms with van der Waals surface area (Å²) in [6, 6.07) is 10.2. The highest BCUT2D eigenvalue weighted by atomic mass is 15.4. The first-order chi connectivity index (χ1) is 9.92. The first-order valence-electron chi connectivity index (χ1n) is 6.95. The van der Waals surface area contributed by atoms with Gasteiger partial charge < -0.3 is 5.32 Å². The van der Waals surface area contributed by atoms with Crippen molar-refractivity contribution in [3.05, 3.63) is 47.9 Å². The first-order valence-corrected chi connectivity index (χ1v) is 6.95. The normalized spacial score (nSPS) is 14.2. The topological polar surface area (TPSA) is 55.1 Å². The molecule has 3 aromatic rings. The van der Waals surface area contributed by atoms with Gasteiger partial charge in [0.2, 0.25) is 0 Å². The second kappa shape index (κ2) is 4.59. The number of nitrogens with zero attached hydrogens (tertiary/aromatic N) is 4. The van der Waals surface area contributed by atoms with E-state index in [4.69, 9.17) is 0 Å². The Balaban J connectivity index is 1.89. The molecule has 1 N–H and O–H groups in total. The maximum absolute atomic E-state index is 4.63. The fourth-order valence-corrected chi connectivity index (χ4v) is 2.77. The Morgan fingerprint density at radius 3 is 2.80 bits per heavy atom. The average Bonchev–Trinajstić information content (AvgIpc) is 2.96. The van der Waals surface area contributed by atoms with Crippen LogP contribution in [-0.2, 0) is 12.8 Å². The molecule has 0 atom stereocenters. The number of anilines is 2. The molecule has 5 nitrogen and oxygen atoms in total. The van der Waals surface area contributed by atoms with Crippen LogP contribution >= 0.6 is 0 Å². The van der Waals surface area contributed by atoms with Crippen LogP contribution < -0.4 is 5.32 Å². The molecule has 2 aromatic heterocycles. The summed E-state index contributed by atoms with van der Waals surface area (Å²) in [5, 5.41) is 7.79. The molecular formula is C15H15N5. The van der Waals surface area contributed by atoms with Gasteiger partial charge in [0.05, 0.1) is 5.69 Å². The number of hydrogen-bond donors (Lipinski definition) is 1. The lowest BCUT2D eigenvalue weighted by atomic mass is 9.96. The first kappa shape index (κ1) is 11.4. The van der Waals surface area contributed by atoms with Crippen LogP contribution in [-0.4, -0.2) is 19.6 Å². The molecule has 0 fully saturated rings. The van der Waals surface area contributed by atoms with Gasteiger partial charge in [-0.3, -0.25) is 0 Å². The molecule has 1 aliphatic carbocycles. The molecule has 1 aliphatic rings. The molecule has 0 saturated heterocycles. The fraction of sp³-hybridized carbons (Fsp3) is 0.267. The van der Waals surface area contributed by atoms with E-state index in [1.54, 1.807) is 10.8 Å². The van der Waals surface area contributed by atoms with Gasteiger partial charge in [-0.25, -0.2) is 4.98 Å². The minimum absolute atomic E-state index is 0.670. The number of benzene rings is 1. The Morgan fingerprint density at radius 2 is 1.90 bits per heavy atom. The third-order valence-corrected chi connectivity index (χ3v) is 3.74. The lowest BCUT2D eigenvalue weighted by Crippen LogP contribution is -2.13. The van der Waals surface area contributed by atoms with Crippen molar-refractivity contribution in [1.82, 2.24) is 19.6 Å². The molecule has 20 heavy (non-hydrogen) atoms. The van der Waals surface area contributed by atoms with E-state index < -0.39 is 0 Å². The van der Waals surface area contributed by atoms with Crippen LogP contribution in [0.15, 0.2) is 36.7 Å². The van der Waals surface area contributed by atoms with Crippen LogP contribution in [0.4, 0.5) is 11.5 Å². The van der Waals surface area contributed by atoms with Gasteiger partial charge in [-0.1, -0.05) is 18.2 Å². The molecule has 0 radical (unpaired) electrons. The molecule has 0 unspecified atom stereocenters. The van der Waals surface area contributed by atoms with E-state index in [9.17, 15) is 0 Å². The maximum Gasteiger partial charge on any atom is 0.254 e. The molecule has 0 spiro atoms. The molecule has 0 aliphatic heterocycles. The van der Waals surface area contributed by atoms with E-state index in [0.29, 0.717) is 5.78 Å².